The number of halogens is 2. The van der Waals surface area contributed by atoms with Gasteiger partial charge in [-0.1, -0.05) is 53.5 Å². The molecule has 3 rings (SSSR count). The minimum absolute atomic E-state index is 0.113. The van der Waals surface area contributed by atoms with E-state index < -0.39 is 5.91 Å². The second kappa shape index (κ2) is 11.4. The summed E-state index contributed by atoms with van der Waals surface area (Å²) < 4.78 is 11.5. The van der Waals surface area contributed by atoms with Crippen molar-refractivity contribution in [2.24, 2.45) is 0 Å². The first-order valence-electron chi connectivity index (χ1n) is 10.2. The molecule has 0 saturated heterocycles. The first-order chi connectivity index (χ1) is 15.9. The van der Waals surface area contributed by atoms with Crippen LogP contribution in [0.4, 0.5) is 5.69 Å². The van der Waals surface area contributed by atoms with E-state index in [0.717, 1.165) is 16.9 Å². The average molecular weight is 481 g/mol. The molecule has 7 heteroatoms. The van der Waals surface area contributed by atoms with E-state index in [4.69, 9.17) is 32.7 Å². The fraction of sp³-hybridized carbons (Fsp3) is 0.154. The minimum Gasteiger partial charge on any atom is -0.490 e. The molecule has 3 aromatic carbocycles. The first kappa shape index (κ1) is 24.2. The van der Waals surface area contributed by atoms with Crippen LogP contribution in [0.1, 0.15) is 16.7 Å². The summed E-state index contributed by atoms with van der Waals surface area (Å²) in [5, 5.41) is 13.0. The average Bonchev–Trinajstić information content (AvgIpc) is 2.77. The molecular formula is C26H22Cl2N2O3. The van der Waals surface area contributed by atoms with Gasteiger partial charge < -0.3 is 14.8 Å². The fourth-order valence-electron chi connectivity index (χ4n) is 3.06. The van der Waals surface area contributed by atoms with E-state index in [9.17, 15) is 10.1 Å². The van der Waals surface area contributed by atoms with E-state index in [2.05, 4.69) is 5.32 Å². The summed E-state index contributed by atoms with van der Waals surface area (Å²) in [5.74, 6) is 0.502. The van der Waals surface area contributed by atoms with Gasteiger partial charge in [0, 0.05) is 16.3 Å². The predicted octanol–water partition coefficient (Wildman–Crippen LogP) is 6.61. The number of rotatable bonds is 8. The lowest BCUT2D eigenvalue weighted by molar-refractivity contribution is -0.112. The maximum atomic E-state index is 12.7. The number of benzene rings is 3. The lowest BCUT2D eigenvalue weighted by Gasteiger charge is -2.13. The van der Waals surface area contributed by atoms with Crippen molar-refractivity contribution in [2.45, 2.75) is 13.8 Å². The number of carbonyl (C=O) groups excluding carboxylic acids is 1. The number of aryl methyl sites for hydroxylation is 2. The van der Waals surface area contributed by atoms with Gasteiger partial charge in [0.2, 0.25) is 0 Å². The van der Waals surface area contributed by atoms with Gasteiger partial charge in [0.15, 0.2) is 0 Å². The number of nitrogens with zero attached hydrogens (tertiary/aromatic N) is 1. The van der Waals surface area contributed by atoms with Gasteiger partial charge in [-0.05, 0) is 61.4 Å². The molecule has 0 aliphatic rings. The molecule has 0 fully saturated rings. The molecule has 0 spiro atoms. The van der Waals surface area contributed by atoms with E-state index in [1.54, 1.807) is 18.2 Å². The number of carbonyl (C=O) groups is 1. The summed E-state index contributed by atoms with van der Waals surface area (Å²) >= 11 is 12.5. The number of para-hydroxylation sites is 1. The lowest BCUT2D eigenvalue weighted by Crippen LogP contribution is -2.14. The number of nitriles is 1. The van der Waals surface area contributed by atoms with Gasteiger partial charge in [-0.15, -0.1) is 0 Å². The number of anilines is 1. The molecule has 0 radical (unpaired) electrons. The second-order valence-electron chi connectivity index (χ2n) is 7.26. The van der Waals surface area contributed by atoms with Gasteiger partial charge in [0.05, 0.1) is 5.02 Å². The van der Waals surface area contributed by atoms with Crippen LogP contribution in [-0.4, -0.2) is 19.1 Å². The predicted molar refractivity (Wildman–Crippen MR) is 132 cm³/mol. The number of nitrogens with one attached hydrogen (secondary N) is 1. The third kappa shape index (κ3) is 6.76. The Morgan fingerprint density at radius 2 is 1.79 bits per heavy atom. The summed E-state index contributed by atoms with van der Waals surface area (Å²) in [7, 11) is 0. The monoisotopic (exact) mass is 480 g/mol. The Balaban J connectivity index is 1.77. The largest absolute Gasteiger partial charge is 0.490 e. The van der Waals surface area contributed by atoms with Gasteiger partial charge in [-0.3, -0.25) is 4.79 Å². The Labute approximate surface area is 203 Å². The van der Waals surface area contributed by atoms with E-state index in [-0.39, 0.29) is 23.8 Å². The molecule has 0 bridgehead atoms. The summed E-state index contributed by atoms with van der Waals surface area (Å²) in [5.41, 5.74) is 2.90. The maximum absolute atomic E-state index is 12.7. The van der Waals surface area contributed by atoms with Crippen LogP contribution in [-0.2, 0) is 4.79 Å². The number of ether oxygens (including phenoxy) is 2. The summed E-state index contributed by atoms with van der Waals surface area (Å²) in [4.78, 5) is 12.7. The van der Waals surface area contributed by atoms with Crippen LogP contribution in [0.2, 0.25) is 10.0 Å². The topological polar surface area (TPSA) is 71.3 Å². The Morgan fingerprint density at radius 1 is 1.03 bits per heavy atom. The van der Waals surface area contributed by atoms with Crippen LogP contribution in [0.15, 0.2) is 66.2 Å². The van der Waals surface area contributed by atoms with Crippen LogP contribution in [0, 0.1) is 25.2 Å². The van der Waals surface area contributed by atoms with Crippen molar-refractivity contribution in [3.63, 3.8) is 0 Å². The minimum atomic E-state index is -0.545. The molecule has 33 heavy (non-hydrogen) atoms. The summed E-state index contributed by atoms with van der Waals surface area (Å²) in [6.45, 7) is 4.34. The van der Waals surface area contributed by atoms with Crippen molar-refractivity contribution in [1.82, 2.24) is 0 Å². The molecule has 0 saturated carbocycles. The van der Waals surface area contributed by atoms with Crippen LogP contribution in [0.3, 0.4) is 0 Å². The van der Waals surface area contributed by atoms with Crippen molar-refractivity contribution >= 4 is 40.9 Å². The Bertz CT molecular complexity index is 1230. The van der Waals surface area contributed by atoms with E-state index >= 15 is 0 Å². The van der Waals surface area contributed by atoms with E-state index in [1.165, 1.54) is 12.1 Å². The molecule has 1 amide bonds. The fourth-order valence-corrected chi connectivity index (χ4v) is 3.62. The zero-order valence-electron chi connectivity index (χ0n) is 18.2. The molecule has 0 aromatic heterocycles. The molecular weight excluding hydrogens is 459 g/mol. The van der Waals surface area contributed by atoms with Crippen molar-refractivity contribution in [1.29, 1.82) is 5.26 Å². The molecule has 0 heterocycles. The molecule has 0 unspecified atom stereocenters. The van der Waals surface area contributed by atoms with Gasteiger partial charge in [0.1, 0.15) is 36.4 Å². The standard InChI is InChI=1S/C26H22Cl2N2O3/c1-17-6-5-8-22(12-17)32-10-11-33-25-19(14-21(27)15-23(25)28)13-20(16-29)26(31)30-24-9-4-3-7-18(24)2/h3-9,12-15H,10-11H2,1-2H3,(H,30,31). The molecule has 0 atom stereocenters. The van der Waals surface area contributed by atoms with Gasteiger partial charge in [-0.2, -0.15) is 5.26 Å². The molecule has 1 N–H and O–H groups in total. The lowest BCUT2D eigenvalue weighted by atomic mass is 10.1. The van der Waals surface area contributed by atoms with Crippen LogP contribution < -0.4 is 14.8 Å². The highest BCUT2D eigenvalue weighted by atomic mass is 35.5. The zero-order valence-corrected chi connectivity index (χ0v) is 19.7. The Hall–Kier alpha value is -3.46. The number of hydrogen-bond donors (Lipinski definition) is 1. The number of hydrogen-bond acceptors (Lipinski definition) is 4. The highest BCUT2D eigenvalue weighted by Gasteiger charge is 2.15. The zero-order chi connectivity index (χ0) is 23.8. The van der Waals surface area contributed by atoms with Crippen LogP contribution in [0.5, 0.6) is 11.5 Å². The van der Waals surface area contributed by atoms with Crippen molar-refractivity contribution in [3.05, 3.63) is 93.0 Å². The summed E-state index contributed by atoms with van der Waals surface area (Å²) in [6, 6.07) is 20.0. The summed E-state index contributed by atoms with van der Waals surface area (Å²) in [6.07, 6.45) is 1.40. The van der Waals surface area contributed by atoms with Crippen LogP contribution in [0.25, 0.3) is 6.08 Å². The molecule has 0 aliphatic heterocycles. The van der Waals surface area contributed by atoms with Crippen molar-refractivity contribution in [3.8, 4) is 17.6 Å². The maximum Gasteiger partial charge on any atom is 0.266 e. The number of amides is 1. The SMILES string of the molecule is Cc1cccc(OCCOc2c(Cl)cc(Cl)cc2C=C(C#N)C(=O)Nc2ccccc2C)c1. The van der Waals surface area contributed by atoms with Gasteiger partial charge in [-0.25, -0.2) is 0 Å². The Morgan fingerprint density at radius 3 is 2.52 bits per heavy atom. The van der Waals surface area contributed by atoms with Crippen LogP contribution >= 0.6 is 23.2 Å². The van der Waals surface area contributed by atoms with Crippen molar-refractivity contribution in [2.75, 3.05) is 18.5 Å². The highest BCUT2D eigenvalue weighted by Crippen LogP contribution is 2.34. The normalized spacial score (nSPS) is 10.9. The second-order valence-corrected chi connectivity index (χ2v) is 8.10. The van der Waals surface area contributed by atoms with Gasteiger partial charge in [0.25, 0.3) is 5.91 Å². The third-order valence-electron chi connectivity index (χ3n) is 4.68. The first-order valence-corrected chi connectivity index (χ1v) is 10.9. The van der Waals surface area contributed by atoms with Gasteiger partial charge >= 0.3 is 0 Å². The third-order valence-corrected chi connectivity index (χ3v) is 5.18. The molecule has 168 valence electrons. The smallest absolute Gasteiger partial charge is 0.266 e. The molecule has 5 nitrogen and oxygen atoms in total. The van der Waals surface area contributed by atoms with Crippen molar-refractivity contribution < 1.29 is 14.3 Å². The molecule has 3 aromatic rings. The van der Waals surface area contributed by atoms with E-state index in [0.29, 0.717) is 22.0 Å². The molecule has 0 aliphatic carbocycles. The van der Waals surface area contributed by atoms with E-state index in [1.807, 2.05) is 56.3 Å². The quantitative estimate of drug-likeness (QED) is 0.223. The highest BCUT2D eigenvalue weighted by molar-refractivity contribution is 6.36. The Kier molecular flexibility index (Phi) is 8.37.